The third kappa shape index (κ3) is 4.91. The van der Waals surface area contributed by atoms with Crippen LogP contribution in [-0.2, 0) is 17.8 Å². The van der Waals surface area contributed by atoms with Gasteiger partial charge >= 0.3 is 12.1 Å². The van der Waals surface area contributed by atoms with E-state index in [-0.39, 0.29) is 5.69 Å². The van der Waals surface area contributed by atoms with Crippen LogP contribution in [0.15, 0.2) is 48.9 Å². The van der Waals surface area contributed by atoms with Crippen LogP contribution < -0.4 is 10.6 Å². The number of nitrogens with zero attached hydrogens (tertiary/aromatic N) is 5. The molecule has 5 heterocycles. The van der Waals surface area contributed by atoms with Gasteiger partial charge in [0.1, 0.15) is 11.4 Å². The van der Waals surface area contributed by atoms with E-state index in [4.69, 9.17) is 9.90 Å². The van der Waals surface area contributed by atoms with Crippen molar-refractivity contribution in [1.82, 2.24) is 34.9 Å². The summed E-state index contributed by atoms with van der Waals surface area (Å²) in [6.07, 6.45) is 0.249. The summed E-state index contributed by atoms with van der Waals surface area (Å²) in [5.41, 5.74) is 5.74. The van der Waals surface area contributed by atoms with E-state index in [1.54, 1.807) is 29.0 Å². The fourth-order valence-electron chi connectivity index (χ4n) is 3.95. The van der Waals surface area contributed by atoms with Crippen LogP contribution in [0.25, 0.3) is 27.9 Å². The molecule has 0 aliphatic carbocycles. The standard InChI is InChI=1S/C21H17FN8.C2HF3O2/c22-15-10-25-21(29-20(15)18-11-24-19-2-1-6-26-30(18)19)27-12-3-4-16-13(8-12)14-9-23-7-5-17(14)28-16;3-2(4,5)1(6)7/h1-4,6,8,10-11,23,28H,5,7,9H2,(H,25,27,29);(H,6,7). The van der Waals surface area contributed by atoms with Gasteiger partial charge in [-0.15, -0.1) is 0 Å². The zero-order valence-electron chi connectivity index (χ0n) is 18.8. The van der Waals surface area contributed by atoms with Crippen LogP contribution in [-0.4, -0.2) is 53.3 Å². The minimum atomic E-state index is -5.08. The normalized spacial score (nSPS) is 13.2. The topological polar surface area (TPSA) is 133 Å². The van der Waals surface area contributed by atoms with E-state index in [1.165, 1.54) is 11.3 Å². The molecule has 190 valence electrons. The van der Waals surface area contributed by atoms with Gasteiger partial charge < -0.3 is 20.7 Å². The zero-order chi connectivity index (χ0) is 26.2. The van der Waals surface area contributed by atoms with Crippen molar-refractivity contribution in [3.8, 4) is 11.4 Å². The van der Waals surface area contributed by atoms with Crippen LogP contribution in [0.1, 0.15) is 11.3 Å². The number of carbonyl (C=O) groups is 1. The molecule has 0 unspecified atom stereocenters. The molecule has 10 nitrogen and oxygen atoms in total. The first-order valence-corrected chi connectivity index (χ1v) is 10.9. The molecule has 4 N–H and O–H groups in total. The van der Waals surface area contributed by atoms with Gasteiger partial charge in [-0.1, -0.05) is 0 Å². The number of nitrogens with one attached hydrogen (secondary N) is 3. The minimum Gasteiger partial charge on any atom is -0.475 e. The van der Waals surface area contributed by atoms with E-state index in [1.807, 2.05) is 12.1 Å². The number of H-pyrrole nitrogens is 1. The number of aliphatic carboxylic acids is 1. The van der Waals surface area contributed by atoms with Crippen LogP contribution >= 0.6 is 0 Å². The van der Waals surface area contributed by atoms with E-state index in [9.17, 15) is 17.6 Å². The molecule has 0 amide bonds. The van der Waals surface area contributed by atoms with Crippen molar-refractivity contribution in [1.29, 1.82) is 0 Å². The second-order valence-electron chi connectivity index (χ2n) is 8.02. The summed E-state index contributed by atoms with van der Waals surface area (Å²) < 4.78 is 47.8. The van der Waals surface area contributed by atoms with Gasteiger partial charge in [-0.2, -0.15) is 18.3 Å². The lowest BCUT2D eigenvalue weighted by Crippen LogP contribution is -2.22. The molecule has 0 fully saturated rings. The number of aromatic amines is 1. The van der Waals surface area contributed by atoms with Crippen molar-refractivity contribution in [2.45, 2.75) is 19.1 Å². The first-order chi connectivity index (χ1) is 17.7. The quantitative estimate of drug-likeness (QED) is 0.267. The number of benzene rings is 1. The fourth-order valence-corrected chi connectivity index (χ4v) is 3.95. The van der Waals surface area contributed by atoms with E-state index in [0.29, 0.717) is 17.3 Å². The van der Waals surface area contributed by atoms with Crippen LogP contribution in [0.3, 0.4) is 0 Å². The van der Waals surface area contributed by atoms with Crippen LogP contribution in [0.5, 0.6) is 0 Å². The number of aromatic nitrogens is 6. The molecular formula is C23H18F4N8O2. The predicted octanol–water partition coefficient (Wildman–Crippen LogP) is 3.83. The molecule has 0 atom stereocenters. The first-order valence-electron chi connectivity index (χ1n) is 10.9. The monoisotopic (exact) mass is 514 g/mol. The molecular weight excluding hydrogens is 496 g/mol. The molecule has 14 heteroatoms. The zero-order valence-corrected chi connectivity index (χ0v) is 18.8. The van der Waals surface area contributed by atoms with E-state index >= 15 is 0 Å². The fraction of sp³-hybridized carbons (Fsp3) is 0.174. The van der Waals surface area contributed by atoms with Gasteiger partial charge in [0, 0.05) is 48.0 Å². The molecule has 5 aromatic rings. The summed E-state index contributed by atoms with van der Waals surface area (Å²) in [4.78, 5) is 25.2. The van der Waals surface area contributed by atoms with Crippen molar-refractivity contribution in [2.75, 3.05) is 11.9 Å². The lowest BCUT2D eigenvalue weighted by atomic mass is 10.1. The number of rotatable bonds is 3. The second-order valence-corrected chi connectivity index (χ2v) is 8.02. The lowest BCUT2D eigenvalue weighted by Gasteiger charge is -2.12. The van der Waals surface area contributed by atoms with Crippen LogP contribution in [0.2, 0.25) is 0 Å². The predicted molar refractivity (Wildman–Crippen MR) is 125 cm³/mol. The Labute approximate surface area is 205 Å². The smallest absolute Gasteiger partial charge is 0.475 e. The van der Waals surface area contributed by atoms with E-state index in [0.717, 1.165) is 42.3 Å². The highest BCUT2D eigenvalue weighted by atomic mass is 19.4. The van der Waals surface area contributed by atoms with E-state index < -0.39 is 18.0 Å². The van der Waals surface area contributed by atoms with E-state index in [2.05, 4.69) is 41.7 Å². The largest absolute Gasteiger partial charge is 0.490 e. The summed E-state index contributed by atoms with van der Waals surface area (Å²) >= 11 is 0. The molecule has 0 radical (unpaired) electrons. The Balaban J connectivity index is 0.000000355. The van der Waals surface area contributed by atoms with Crippen molar-refractivity contribution in [3.05, 3.63) is 66.0 Å². The van der Waals surface area contributed by atoms with Crippen molar-refractivity contribution >= 4 is 34.2 Å². The van der Waals surface area contributed by atoms with Crippen LogP contribution in [0, 0.1) is 5.82 Å². The number of halogens is 4. The van der Waals surface area contributed by atoms with Gasteiger partial charge in [-0.05, 0) is 35.9 Å². The number of carboxylic acids is 1. The highest BCUT2D eigenvalue weighted by Gasteiger charge is 2.38. The molecule has 1 aliphatic rings. The molecule has 4 aromatic heterocycles. The summed E-state index contributed by atoms with van der Waals surface area (Å²) in [5, 5.41) is 19.1. The minimum absolute atomic E-state index is 0.142. The molecule has 0 spiro atoms. The Morgan fingerprint density at radius 2 is 1.97 bits per heavy atom. The lowest BCUT2D eigenvalue weighted by molar-refractivity contribution is -0.192. The Morgan fingerprint density at radius 3 is 2.76 bits per heavy atom. The summed E-state index contributed by atoms with van der Waals surface area (Å²) in [6.45, 7) is 1.83. The van der Waals surface area contributed by atoms with Gasteiger partial charge in [0.05, 0.1) is 12.4 Å². The SMILES string of the molecule is Fc1cnc(Nc2ccc3[nH]c4c(c3c2)CNCC4)nc1-c1cnc2cccnn12.O=C(O)C(F)(F)F. The number of anilines is 2. The number of alkyl halides is 3. The number of imidazole rings is 1. The summed E-state index contributed by atoms with van der Waals surface area (Å²) in [5.74, 6) is -2.99. The van der Waals surface area contributed by atoms with Crippen molar-refractivity contribution < 1.29 is 27.5 Å². The molecule has 0 saturated heterocycles. The highest BCUT2D eigenvalue weighted by Crippen LogP contribution is 2.29. The molecule has 0 saturated carbocycles. The van der Waals surface area contributed by atoms with Gasteiger partial charge in [0.15, 0.2) is 11.5 Å². The summed E-state index contributed by atoms with van der Waals surface area (Å²) in [6, 6.07) is 9.64. The first kappa shape index (κ1) is 24.1. The maximum atomic E-state index is 14.5. The molecule has 37 heavy (non-hydrogen) atoms. The third-order valence-electron chi connectivity index (χ3n) is 5.61. The average Bonchev–Trinajstić information content (AvgIpc) is 3.46. The van der Waals surface area contributed by atoms with Gasteiger partial charge in [0.2, 0.25) is 5.95 Å². The van der Waals surface area contributed by atoms with Gasteiger partial charge in [-0.3, -0.25) is 0 Å². The maximum absolute atomic E-state index is 14.5. The second kappa shape index (κ2) is 9.46. The number of fused-ring (bicyclic) bond motifs is 4. The molecule has 6 rings (SSSR count). The Bertz CT molecular complexity index is 1610. The average molecular weight is 514 g/mol. The summed E-state index contributed by atoms with van der Waals surface area (Å²) in [7, 11) is 0. The maximum Gasteiger partial charge on any atom is 0.490 e. The van der Waals surface area contributed by atoms with Crippen molar-refractivity contribution in [3.63, 3.8) is 0 Å². The Hall–Kier alpha value is -4.59. The Morgan fingerprint density at radius 1 is 1.16 bits per heavy atom. The Kier molecular flexibility index (Phi) is 6.17. The van der Waals surface area contributed by atoms with Crippen molar-refractivity contribution in [2.24, 2.45) is 0 Å². The van der Waals surface area contributed by atoms with Gasteiger partial charge in [-0.25, -0.2) is 28.7 Å². The highest BCUT2D eigenvalue weighted by molar-refractivity contribution is 5.88. The third-order valence-corrected chi connectivity index (χ3v) is 5.61. The molecule has 0 bridgehead atoms. The number of hydrogen-bond donors (Lipinski definition) is 4. The van der Waals surface area contributed by atoms with Gasteiger partial charge in [0.25, 0.3) is 0 Å². The van der Waals surface area contributed by atoms with Crippen LogP contribution in [0.4, 0.5) is 29.2 Å². The molecule has 1 aliphatic heterocycles. The molecule has 1 aromatic carbocycles. The number of hydrogen-bond acceptors (Lipinski definition) is 7. The number of carboxylic acid groups (broad SMARTS) is 1.